The quantitative estimate of drug-likeness (QED) is 0.0266. The molecule has 0 saturated carbocycles. The monoisotopic (exact) mass is 805 g/mol. The Morgan fingerprint density at radius 1 is 0.362 bits per heavy atom. The third kappa shape index (κ3) is 43.5. The molecular formula is C52H84O6. The topological polar surface area (TPSA) is 78.9 Å². The molecule has 0 saturated heterocycles. The molecule has 1 atom stereocenters. The Kier molecular flexibility index (Phi) is 43.1. The highest BCUT2D eigenvalue weighted by Gasteiger charge is 2.19. The maximum atomic E-state index is 12.7. The Hall–Kier alpha value is -3.67. The molecule has 0 aromatic heterocycles. The van der Waals surface area contributed by atoms with E-state index in [0.717, 1.165) is 77.0 Å². The van der Waals surface area contributed by atoms with Gasteiger partial charge in [-0.2, -0.15) is 0 Å². The van der Waals surface area contributed by atoms with E-state index in [2.05, 4.69) is 57.2 Å². The molecule has 0 spiro atoms. The van der Waals surface area contributed by atoms with Crippen molar-refractivity contribution in [1.29, 1.82) is 0 Å². The first-order chi connectivity index (χ1) is 28.5. The summed E-state index contributed by atoms with van der Waals surface area (Å²) in [6.07, 6.45) is 59.7. The zero-order valence-corrected chi connectivity index (χ0v) is 37.3. The average Bonchev–Trinajstić information content (AvgIpc) is 3.22. The average molecular weight is 805 g/mol. The fourth-order valence-corrected chi connectivity index (χ4v) is 6.06. The van der Waals surface area contributed by atoms with Gasteiger partial charge in [0.1, 0.15) is 13.2 Å². The minimum atomic E-state index is -0.820. The lowest BCUT2D eigenvalue weighted by atomic mass is 10.0. The number of hydrogen-bond acceptors (Lipinski definition) is 6. The van der Waals surface area contributed by atoms with Gasteiger partial charge in [-0.05, 0) is 51.4 Å². The molecule has 0 fully saturated rings. The highest BCUT2D eigenvalue weighted by atomic mass is 16.6. The van der Waals surface area contributed by atoms with Crippen LogP contribution in [-0.4, -0.2) is 37.2 Å². The van der Waals surface area contributed by atoms with Crippen LogP contribution in [0.4, 0.5) is 0 Å². The van der Waals surface area contributed by atoms with Gasteiger partial charge in [0.15, 0.2) is 6.10 Å². The van der Waals surface area contributed by atoms with Crippen molar-refractivity contribution in [2.75, 3.05) is 13.2 Å². The van der Waals surface area contributed by atoms with Gasteiger partial charge in [-0.1, -0.05) is 221 Å². The summed E-state index contributed by atoms with van der Waals surface area (Å²) in [6, 6.07) is 0. The van der Waals surface area contributed by atoms with E-state index >= 15 is 0 Å². The molecule has 0 aromatic carbocycles. The minimum absolute atomic E-state index is 0.113. The van der Waals surface area contributed by atoms with Crippen LogP contribution >= 0.6 is 0 Å². The molecule has 1 unspecified atom stereocenters. The molecule has 0 aliphatic carbocycles. The van der Waals surface area contributed by atoms with Gasteiger partial charge >= 0.3 is 17.9 Å². The molecule has 0 rings (SSSR count). The summed E-state index contributed by atoms with van der Waals surface area (Å²) in [5.74, 6) is -1.02. The predicted molar refractivity (Wildman–Crippen MR) is 247 cm³/mol. The van der Waals surface area contributed by atoms with Gasteiger partial charge < -0.3 is 14.2 Å². The number of ether oxygens (including phenoxy) is 3. The SMILES string of the molecule is CC\C=C/C=C\C=C/C=C\C=C/CCCC(=O)OC(COC(=O)CCCCCCC\C=C/C=C\C=C/CC)COC(=O)CCCCCCCCCCCCCCCC. The van der Waals surface area contributed by atoms with Gasteiger partial charge in [0.05, 0.1) is 0 Å². The first kappa shape index (κ1) is 54.3. The van der Waals surface area contributed by atoms with E-state index in [-0.39, 0.29) is 37.5 Å². The van der Waals surface area contributed by atoms with E-state index < -0.39 is 6.10 Å². The number of carbonyl (C=O) groups excluding carboxylic acids is 3. The highest BCUT2D eigenvalue weighted by molar-refractivity contribution is 5.71. The first-order valence-corrected chi connectivity index (χ1v) is 23.3. The molecule has 0 N–H and O–H groups in total. The first-order valence-electron chi connectivity index (χ1n) is 23.3. The van der Waals surface area contributed by atoms with Crippen molar-refractivity contribution in [3.05, 3.63) is 97.2 Å². The number of allylic oxidation sites excluding steroid dienone is 16. The summed E-state index contributed by atoms with van der Waals surface area (Å²) in [5.41, 5.74) is 0. The third-order valence-electron chi connectivity index (χ3n) is 9.52. The highest BCUT2D eigenvalue weighted by Crippen LogP contribution is 2.14. The summed E-state index contributed by atoms with van der Waals surface area (Å²) >= 11 is 0. The second kappa shape index (κ2) is 46.0. The van der Waals surface area contributed by atoms with Crippen LogP contribution in [0.3, 0.4) is 0 Å². The lowest BCUT2D eigenvalue weighted by Gasteiger charge is -2.18. The van der Waals surface area contributed by atoms with E-state index in [4.69, 9.17) is 14.2 Å². The Labute approximate surface area is 356 Å². The summed E-state index contributed by atoms with van der Waals surface area (Å²) in [4.78, 5) is 37.8. The number of hydrogen-bond donors (Lipinski definition) is 0. The lowest BCUT2D eigenvalue weighted by Crippen LogP contribution is -2.30. The zero-order chi connectivity index (χ0) is 42.3. The van der Waals surface area contributed by atoms with E-state index in [0.29, 0.717) is 19.3 Å². The lowest BCUT2D eigenvalue weighted by molar-refractivity contribution is -0.167. The van der Waals surface area contributed by atoms with Crippen molar-refractivity contribution in [1.82, 2.24) is 0 Å². The standard InChI is InChI=1S/C52H84O6/c1-4-7-10-13-16-19-22-25-28-30-33-36-39-42-45-51(54)57-48-49(58-52(55)46-43-40-37-34-31-27-24-21-18-15-12-9-6-3)47-56-50(53)44-41-38-35-32-29-26-23-20-17-14-11-8-5-2/h8-9,11-12,14-15,17-18,20-21,23-24,27,31,34,37,49H,4-7,10,13,16,19,22,25-26,28-30,32-33,35-36,38-48H2,1-3H3/b11-8-,12-9-,17-14-,18-15-,23-20-,24-21-,31-27-,37-34-. The van der Waals surface area contributed by atoms with Crippen LogP contribution in [0.2, 0.25) is 0 Å². The molecule has 6 nitrogen and oxygen atoms in total. The third-order valence-corrected chi connectivity index (χ3v) is 9.52. The fourth-order valence-electron chi connectivity index (χ4n) is 6.06. The maximum Gasteiger partial charge on any atom is 0.306 e. The van der Waals surface area contributed by atoms with Gasteiger partial charge in [-0.15, -0.1) is 0 Å². The number of unbranched alkanes of at least 4 members (excludes halogenated alkanes) is 19. The summed E-state index contributed by atoms with van der Waals surface area (Å²) < 4.78 is 16.6. The van der Waals surface area contributed by atoms with Gasteiger partial charge in [0.2, 0.25) is 0 Å². The van der Waals surface area contributed by atoms with E-state index in [1.165, 1.54) is 70.6 Å². The number of rotatable bonds is 40. The molecule has 0 aliphatic heterocycles. The van der Waals surface area contributed by atoms with E-state index in [1.54, 1.807) is 0 Å². The molecule has 58 heavy (non-hydrogen) atoms. The van der Waals surface area contributed by atoms with Crippen molar-refractivity contribution in [3.63, 3.8) is 0 Å². The summed E-state index contributed by atoms with van der Waals surface area (Å²) in [5, 5.41) is 0. The minimum Gasteiger partial charge on any atom is -0.462 e. The van der Waals surface area contributed by atoms with Crippen LogP contribution in [0, 0.1) is 0 Å². The molecule has 6 heteroatoms. The molecule has 0 heterocycles. The van der Waals surface area contributed by atoms with Gasteiger partial charge in [0, 0.05) is 19.3 Å². The summed E-state index contributed by atoms with van der Waals surface area (Å²) in [7, 11) is 0. The van der Waals surface area contributed by atoms with Crippen molar-refractivity contribution in [3.8, 4) is 0 Å². The second-order valence-corrected chi connectivity index (χ2v) is 15.1. The number of esters is 3. The molecule has 328 valence electrons. The maximum absolute atomic E-state index is 12.7. The molecule has 0 bridgehead atoms. The molecule has 0 amide bonds. The molecule has 0 aliphatic rings. The zero-order valence-electron chi connectivity index (χ0n) is 37.3. The fraction of sp³-hybridized carbons (Fsp3) is 0.635. The predicted octanol–water partition coefficient (Wildman–Crippen LogP) is 15.0. The summed E-state index contributed by atoms with van der Waals surface area (Å²) in [6.45, 7) is 6.26. The smallest absolute Gasteiger partial charge is 0.306 e. The van der Waals surface area contributed by atoms with Gasteiger partial charge in [-0.25, -0.2) is 0 Å². The molecule has 0 radical (unpaired) electrons. The van der Waals surface area contributed by atoms with E-state index in [9.17, 15) is 14.4 Å². The van der Waals surface area contributed by atoms with Crippen LogP contribution in [0.5, 0.6) is 0 Å². The van der Waals surface area contributed by atoms with Crippen LogP contribution in [0.15, 0.2) is 97.2 Å². The Bertz CT molecular complexity index is 1200. The molecule has 0 aromatic rings. The van der Waals surface area contributed by atoms with Gasteiger partial charge in [0.25, 0.3) is 0 Å². The largest absolute Gasteiger partial charge is 0.462 e. The van der Waals surface area contributed by atoms with E-state index in [1.807, 2.05) is 60.8 Å². The normalized spacial score (nSPS) is 12.9. The Balaban J connectivity index is 4.52. The van der Waals surface area contributed by atoms with Crippen molar-refractivity contribution in [2.45, 2.75) is 200 Å². The van der Waals surface area contributed by atoms with Crippen molar-refractivity contribution >= 4 is 17.9 Å². The van der Waals surface area contributed by atoms with Crippen LogP contribution in [-0.2, 0) is 28.6 Å². The van der Waals surface area contributed by atoms with Crippen LogP contribution < -0.4 is 0 Å². The van der Waals surface area contributed by atoms with Crippen molar-refractivity contribution in [2.24, 2.45) is 0 Å². The van der Waals surface area contributed by atoms with Crippen LogP contribution in [0.1, 0.15) is 194 Å². The van der Waals surface area contributed by atoms with Gasteiger partial charge in [-0.3, -0.25) is 14.4 Å². The number of carbonyl (C=O) groups is 3. The van der Waals surface area contributed by atoms with Crippen LogP contribution in [0.25, 0.3) is 0 Å². The Morgan fingerprint density at radius 3 is 1.10 bits per heavy atom. The Morgan fingerprint density at radius 2 is 0.690 bits per heavy atom. The second-order valence-electron chi connectivity index (χ2n) is 15.1. The van der Waals surface area contributed by atoms with Crippen molar-refractivity contribution < 1.29 is 28.6 Å². The molecular weight excluding hydrogens is 721 g/mol.